The van der Waals surface area contributed by atoms with E-state index in [0.717, 1.165) is 24.1 Å². The molecule has 1 aromatic heterocycles. The number of carbonyl (C=O) groups excluding carboxylic acids is 1. The van der Waals surface area contributed by atoms with E-state index < -0.39 is 11.6 Å². The maximum Gasteiger partial charge on any atom is 0.229 e. The summed E-state index contributed by atoms with van der Waals surface area (Å²) in [6.07, 6.45) is 2.95. The van der Waals surface area contributed by atoms with Crippen LogP contribution in [0.2, 0.25) is 0 Å². The second-order valence-corrected chi connectivity index (χ2v) is 6.40. The number of halogens is 2. The number of amides is 1. The minimum atomic E-state index is -0.982. The van der Waals surface area contributed by atoms with Gasteiger partial charge in [0.05, 0.1) is 24.0 Å². The Balaban J connectivity index is 1.79. The molecule has 5 nitrogen and oxygen atoms in total. The van der Waals surface area contributed by atoms with Gasteiger partial charge in [-0.15, -0.1) is 0 Å². The summed E-state index contributed by atoms with van der Waals surface area (Å²) in [4.78, 5) is 21.3. The fourth-order valence-corrected chi connectivity index (χ4v) is 2.75. The van der Waals surface area contributed by atoms with Gasteiger partial charge in [0.25, 0.3) is 0 Å². The van der Waals surface area contributed by atoms with Crippen LogP contribution >= 0.6 is 0 Å². The van der Waals surface area contributed by atoms with Gasteiger partial charge in [0, 0.05) is 11.3 Å². The molecule has 3 N–H and O–H groups in total. The Morgan fingerprint density at radius 1 is 1.11 bits per heavy atom. The van der Waals surface area contributed by atoms with Crippen molar-refractivity contribution in [3.8, 4) is 11.3 Å². The number of nitrogens with two attached hydrogens (primary N) is 1. The summed E-state index contributed by atoms with van der Waals surface area (Å²) in [6, 6.07) is 10.7. The molecule has 0 saturated heterocycles. The summed E-state index contributed by atoms with van der Waals surface area (Å²) in [5.41, 5.74) is 8.97. The van der Waals surface area contributed by atoms with Crippen LogP contribution in [-0.4, -0.2) is 15.9 Å². The molecule has 0 spiro atoms. The Bertz CT molecular complexity index is 990. The molecular formula is C21H20F2N4O. The number of aromatic nitrogens is 2. The first-order valence-corrected chi connectivity index (χ1v) is 8.92. The topological polar surface area (TPSA) is 80.9 Å². The molecule has 2 aromatic carbocycles. The Morgan fingerprint density at radius 2 is 1.86 bits per heavy atom. The van der Waals surface area contributed by atoms with E-state index in [9.17, 15) is 13.6 Å². The molecule has 0 aliphatic rings. The standard InChI is InChI=1S/C21H20F2N4O/c1-2-3-18-21(25-12-19(26-18)14-5-7-15(24)8-6-14)27-20(28)11-13-4-9-16(22)17(23)10-13/h4-10,12H,2-3,11,24H2,1H3,(H,25,27,28). The van der Waals surface area contributed by atoms with Crippen LogP contribution in [0.1, 0.15) is 24.6 Å². The van der Waals surface area contributed by atoms with Crippen LogP contribution in [0, 0.1) is 11.6 Å². The fourth-order valence-electron chi connectivity index (χ4n) is 2.75. The number of rotatable bonds is 6. The second-order valence-electron chi connectivity index (χ2n) is 6.40. The zero-order valence-corrected chi connectivity index (χ0v) is 15.4. The summed E-state index contributed by atoms with van der Waals surface area (Å²) in [7, 11) is 0. The van der Waals surface area contributed by atoms with Crippen molar-refractivity contribution in [3.05, 3.63) is 71.6 Å². The number of benzene rings is 2. The van der Waals surface area contributed by atoms with Crippen LogP contribution in [0.15, 0.2) is 48.7 Å². The van der Waals surface area contributed by atoms with E-state index in [0.29, 0.717) is 34.9 Å². The van der Waals surface area contributed by atoms with Gasteiger partial charge in [0.1, 0.15) is 0 Å². The van der Waals surface area contributed by atoms with Crippen molar-refractivity contribution in [2.45, 2.75) is 26.2 Å². The maximum absolute atomic E-state index is 13.3. The molecule has 1 amide bonds. The third-order valence-corrected chi connectivity index (χ3v) is 4.14. The van der Waals surface area contributed by atoms with Gasteiger partial charge in [-0.25, -0.2) is 18.7 Å². The SMILES string of the molecule is CCCc1nc(-c2ccc(N)cc2)cnc1NC(=O)Cc1ccc(F)c(F)c1. The molecule has 0 radical (unpaired) electrons. The highest BCUT2D eigenvalue weighted by atomic mass is 19.2. The Hall–Kier alpha value is -3.35. The quantitative estimate of drug-likeness (QED) is 0.628. The van der Waals surface area contributed by atoms with Crippen LogP contribution in [0.3, 0.4) is 0 Å². The second kappa shape index (κ2) is 8.56. The molecule has 0 aliphatic carbocycles. The Labute approximate surface area is 161 Å². The number of hydrogen-bond acceptors (Lipinski definition) is 4. The van der Waals surface area contributed by atoms with Crippen molar-refractivity contribution in [1.29, 1.82) is 0 Å². The monoisotopic (exact) mass is 382 g/mol. The van der Waals surface area contributed by atoms with Crippen molar-refractivity contribution in [3.63, 3.8) is 0 Å². The molecule has 1 heterocycles. The van der Waals surface area contributed by atoms with Crippen molar-refractivity contribution in [1.82, 2.24) is 9.97 Å². The Kier molecular flexibility index (Phi) is 5.93. The molecule has 7 heteroatoms. The number of nitrogens with zero attached hydrogens (tertiary/aromatic N) is 2. The molecule has 0 fully saturated rings. The summed E-state index contributed by atoms with van der Waals surface area (Å²) < 4.78 is 26.3. The van der Waals surface area contributed by atoms with Crippen molar-refractivity contribution < 1.29 is 13.6 Å². The van der Waals surface area contributed by atoms with Crippen LogP contribution in [0.4, 0.5) is 20.3 Å². The van der Waals surface area contributed by atoms with E-state index in [1.807, 2.05) is 19.1 Å². The van der Waals surface area contributed by atoms with Gasteiger partial charge >= 0.3 is 0 Å². The van der Waals surface area contributed by atoms with Crippen LogP contribution < -0.4 is 11.1 Å². The van der Waals surface area contributed by atoms with Gasteiger partial charge < -0.3 is 11.1 Å². The third kappa shape index (κ3) is 4.68. The molecule has 0 saturated carbocycles. The minimum absolute atomic E-state index is 0.0931. The first kappa shape index (κ1) is 19.4. The number of carbonyl (C=O) groups is 1. The van der Waals surface area contributed by atoms with E-state index in [1.165, 1.54) is 6.07 Å². The highest BCUT2D eigenvalue weighted by Crippen LogP contribution is 2.22. The number of hydrogen-bond donors (Lipinski definition) is 2. The van der Waals surface area contributed by atoms with Gasteiger partial charge in [-0.2, -0.15) is 0 Å². The van der Waals surface area contributed by atoms with Gasteiger partial charge in [0.15, 0.2) is 17.5 Å². The summed E-state index contributed by atoms with van der Waals surface area (Å²) >= 11 is 0. The Morgan fingerprint density at radius 3 is 2.54 bits per heavy atom. The number of nitrogen functional groups attached to an aromatic ring is 1. The van der Waals surface area contributed by atoms with Gasteiger partial charge in [-0.05, 0) is 36.2 Å². The molecule has 0 unspecified atom stereocenters. The van der Waals surface area contributed by atoms with Crippen LogP contribution in [-0.2, 0) is 17.6 Å². The van der Waals surface area contributed by atoms with E-state index in [2.05, 4.69) is 15.3 Å². The van der Waals surface area contributed by atoms with E-state index in [-0.39, 0.29) is 12.3 Å². The minimum Gasteiger partial charge on any atom is -0.399 e. The van der Waals surface area contributed by atoms with Gasteiger partial charge in [-0.1, -0.05) is 31.5 Å². The lowest BCUT2D eigenvalue weighted by Gasteiger charge is -2.11. The van der Waals surface area contributed by atoms with Gasteiger partial charge in [0.2, 0.25) is 5.91 Å². The molecule has 28 heavy (non-hydrogen) atoms. The van der Waals surface area contributed by atoms with Crippen molar-refractivity contribution in [2.24, 2.45) is 0 Å². The summed E-state index contributed by atoms with van der Waals surface area (Å²) in [5, 5.41) is 2.72. The summed E-state index contributed by atoms with van der Waals surface area (Å²) in [6.45, 7) is 2.00. The number of anilines is 2. The first-order valence-electron chi connectivity index (χ1n) is 8.92. The van der Waals surface area contributed by atoms with E-state index in [4.69, 9.17) is 5.73 Å². The summed E-state index contributed by atoms with van der Waals surface area (Å²) in [5.74, 6) is -1.94. The highest BCUT2D eigenvalue weighted by Gasteiger charge is 2.13. The lowest BCUT2D eigenvalue weighted by molar-refractivity contribution is -0.115. The lowest BCUT2D eigenvalue weighted by atomic mass is 10.1. The predicted molar refractivity (Wildman–Crippen MR) is 105 cm³/mol. The van der Waals surface area contributed by atoms with Gasteiger partial charge in [-0.3, -0.25) is 4.79 Å². The average Bonchev–Trinajstić information content (AvgIpc) is 2.67. The van der Waals surface area contributed by atoms with Crippen molar-refractivity contribution in [2.75, 3.05) is 11.1 Å². The first-order chi connectivity index (χ1) is 13.5. The third-order valence-electron chi connectivity index (χ3n) is 4.14. The zero-order valence-electron chi connectivity index (χ0n) is 15.4. The predicted octanol–water partition coefficient (Wildman–Crippen LogP) is 4.14. The molecule has 3 aromatic rings. The molecule has 0 bridgehead atoms. The maximum atomic E-state index is 13.3. The fraction of sp³-hybridized carbons (Fsp3) is 0.190. The molecule has 0 aliphatic heterocycles. The van der Waals surface area contributed by atoms with E-state index in [1.54, 1.807) is 18.3 Å². The van der Waals surface area contributed by atoms with Crippen molar-refractivity contribution >= 4 is 17.4 Å². The average molecular weight is 382 g/mol. The molecule has 3 rings (SSSR count). The molecule has 0 atom stereocenters. The molecule has 144 valence electrons. The molecular weight excluding hydrogens is 362 g/mol. The number of aryl methyl sites for hydroxylation is 1. The van der Waals surface area contributed by atoms with E-state index >= 15 is 0 Å². The zero-order chi connectivity index (χ0) is 20.1. The smallest absolute Gasteiger partial charge is 0.229 e. The van der Waals surface area contributed by atoms with Crippen LogP contribution in [0.5, 0.6) is 0 Å². The lowest BCUT2D eigenvalue weighted by Crippen LogP contribution is -2.17. The normalized spacial score (nSPS) is 10.7. The highest BCUT2D eigenvalue weighted by molar-refractivity contribution is 5.92. The number of nitrogens with one attached hydrogen (secondary N) is 1. The van der Waals surface area contributed by atoms with Crippen LogP contribution in [0.25, 0.3) is 11.3 Å². The largest absolute Gasteiger partial charge is 0.399 e.